The highest BCUT2D eigenvalue weighted by Gasteiger charge is 2.13. The molecule has 0 aliphatic carbocycles. The maximum Gasteiger partial charge on any atom is 0.319 e. The summed E-state index contributed by atoms with van der Waals surface area (Å²) in [5, 5.41) is 5.47. The Morgan fingerprint density at radius 2 is 2.04 bits per heavy atom. The summed E-state index contributed by atoms with van der Waals surface area (Å²) in [5.41, 5.74) is 1.78. The molecule has 1 aliphatic heterocycles. The molecule has 1 aliphatic rings. The van der Waals surface area contributed by atoms with E-state index in [1.165, 1.54) is 0 Å². The van der Waals surface area contributed by atoms with E-state index in [0.717, 1.165) is 11.3 Å². The van der Waals surface area contributed by atoms with Gasteiger partial charge in [-0.2, -0.15) is 0 Å². The summed E-state index contributed by atoms with van der Waals surface area (Å²) >= 11 is 0. The molecule has 2 aromatic carbocycles. The van der Waals surface area contributed by atoms with Gasteiger partial charge in [0.2, 0.25) is 6.79 Å². The Morgan fingerprint density at radius 1 is 1.17 bits per heavy atom. The van der Waals surface area contributed by atoms with Gasteiger partial charge < -0.3 is 24.8 Å². The second-order valence-corrected chi connectivity index (χ2v) is 5.11. The third kappa shape index (κ3) is 4.06. The van der Waals surface area contributed by atoms with Crippen LogP contribution in [0.5, 0.6) is 17.2 Å². The first-order chi connectivity index (χ1) is 11.2. The molecule has 0 saturated carbocycles. The summed E-state index contributed by atoms with van der Waals surface area (Å²) in [7, 11) is 0. The number of amides is 2. The second kappa shape index (κ2) is 6.91. The predicted molar refractivity (Wildman–Crippen MR) is 86.3 cm³/mol. The molecule has 2 aromatic rings. The summed E-state index contributed by atoms with van der Waals surface area (Å²) < 4.78 is 16.1. The maximum atomic E-state index is 11.8. The van der Waals surface area contributed by atoms with Gasteiger partial charge in [-0.15, -0.1) is 0 Å². The number of hydrogen-bond acceptors (Lipinski definition) is 4. The summed E-state index contributed by atoms with van der Waals surface area (Å²) in [6.07, 6.45) is 0. The molecule has 2 N–H and O–H groups in total. The number of hydrogen-bond donors (Lipinski definition) is 2. The van der Waals surface area contributed by atoms with E-state index in [-0.39, 0.29) is 12.8 Å². The van der Waals surface area contributed by atoms with Crippen molar-refractivity contribution in [3.05, 3.63) is 48.0 Å². The highest BCUT2D eigenvalue weighted by molar-refractivity contribution is 5.89. The van der Waals surface area contributed by atoms with Gasteiger partial charge in [0, 0.05) is 11.8 Å². The van der Waals surface area contributed by atoms with Gasteiger partial charge in [0.25, 0.3) is 0 Å². The quantitative estimate of drug-likeness (QED) is 0.833. The number of urea groups is 1. The first-order valence-corrected chi connectivity index (χ1v) is 7.35. The van der Waals surface area contributed by atoms with Gasteiger partial charge >= 0.3 is 6.03 Å². The number of aryl methyl sites for hydroxylation is 1. The van der Waals surface area contributed by atoms with E-state index in [4.69, 9.17) is 14.2 Å². The van der Waals surface area contributed by atoms with Crippen LogP contribution in [0, 0.1) is 6.92 Å². The first-order valence-electron chi connectivity index (χ1n) is 7.35. The van der Waals surface area contributed by atoms with Crippen LogP contribution in [0.1, 0.15) is 5.56 Å². The molecule has 0 radical (unpaired) electrons. The van der Waals surface area contributed by atoms with Crippen LogP contribution in [-0.2, 0) is 0 Å². The number of fused-ring (bicyclic) bond motifs is 1. The fraction of sp³-hybridized carbons (Fsp3) is 0.235. The average Bonchev–Trinajstić information content (AvgIpc) is 2.99. The summed E-state index contributed by atoms with van der Waals surface area (Å²) in [6.45, 7) is 3.02. The van der Waals surface area contributed by atoms with Crippen molar-refractivity contribution in [2.24, 2.45) is 0 Å². The SMILES string of the molecule is Cc1cccc(OCCNC(=O)Nc2ccc3c(c2)OCO3)c1. The van der Waals surface area contributed by atoms with Gasteiger partial charge in [0.05, 0.1) is 6.54 Å². The monoisotopic (exact) mass is 314 g/mol. The molecular weight excluding hydrogens is 296 g/mol. The van der Waals surface area contributed by atoms with E-state index >= 15 is 0 Å². The zero-order chi connectivity index (χ0) is 16.1. The maximum absolute atomic E-state index is 11.8. The Morgan fingerprint density at radius 3 is 2.91 bits per heavy atom. The molecule has 120 valence electrons. The molecule has 23 heavy (non-hydrogen) atoms. The van der Waals surface area contributed by atoms with Crippen molar-refractivity contribution in [2.45, 2.75) is 6.92 Å². The van der Waals surface area contributed by atoms with Crippen molar-refractivity contribution >= 4 is 11.7 Å². The molecule has 6 nitrogen and oxygen atoms in total. The lowest BCUT2D eigenvalue weighted by molar-refractivity contribution is 0.174. The van der Waals surface area contributed by atoms with Crippen molar-refractivity contribution in [3.8, 4) is 17.2 Å². The van der Waals surface area contributed by atoms with Crippen LogP contribution in [0.2, 0.25) is 0 Å². The van der Waals surface area contributed by atoms with Crippen molar-refractivity contribution in [3.63, 3.8) is 0 Å². The molecule has 0 fully saturated rings. The third-order valence-corrected chi connectivity index (χ3v) is 3.28. The molecular formula is C17H18N2O4. The summed E-state index contributed by atoms with van der Waals surface area (Å²) in [5.74, 6) is 2.11. The number of ether oxygens (including phenoxy) is 3. The lowest BCUT2D eigenvalue weighted by atomic mass is 10.2. The van der Waals surface area contributed by atoms with Gasteiger partial charge in [-0.25, -0.2) is 4.79 Å². The van der Waals surface area contributed by atoms with E-state index in [2.05, 4.69) is 10.6 Å². The van der Waals surface area contributed by atoms with Crippen molar-refractivity contribution < 1.29 is 19.0 Å². The molecule has 0 aromatic heterocycles. The number of carbonyl (C=O) groups excluding carboxylic acids is 1. The highest BCUT2D eigenvalue weighted by atomic mass is 16.7. The van der Waals surface area contributed by atoms with E-state index < -0.39 is 0 Å². The van der Waals surface area contributed by atoms with E-state index in [1.54, 1.807) is 18.2 Å². The molecule has 0 spiro atoms. The lowest BCUT2D eigenvalue weighted by Crippen LogP contribution is -2.32. The normalized spacial score (nSPS) is 11.9. The van der Waals surface area contributed by atoms with E-state index in [0.29, 0.717) is 30.3 Å². The lowest BCUT2D eigenvalue weighted by Gasteiger charge is -2.10. The minimum Gasteiger partial charge on any atom is -0.492 e. The number of benzene rings is 2. The molecule has 0 saturated heterocycles. The van der Waals surface area contributed by atoms with Crippen LogP contribution in [-0.4, -0.2) is 26.0 Å². The van der Waals surface area contributed by atoms with Gasteiger partial charge in [0.15, 0.2) is 11.5 Å². The van der Waals surface area contributed by atoms with Crippen LogP contribution < -0.4 is 24.8 Å². The fourth-order valence-corrected chi connectivity index (χ4v) is 2.19. The Labute approximate surface area is 134 Å². The molecule has 0 bridgehead atoms. The fourth-order valence-electron chi connectivity index (χ4n) is 2.19. The Balaban J connectivity index is 1.41. The van der Waals surface area contributed by atoms with Gasteiger partial charge in [0.1, 0.15) is 12.4 Å². The van der Waals surface area contributed by atoms with E-state index in [1.807, 2.05) is 31.2 Å². The first kappa shape index (κ1) is 15.0. The van der Waals surface area contributed by atoms with Crippen LogP contribution in [0.3, 0.4) is 0 Å². The third-order valence-electron chi connectivity index (χ3n) is 3.28. The van der Waals surface area contributed by atoms with Crippen LogP contribution >= 0.6 is 0 Å². The zero-order valence-electron chi connectivity index (χ0n) is 12.8. The van der Waals surface area contributed by atoms with Gasteiger partial charge in [-0.05, 0) is 36.8 Å². The minimum atomic E-state index is -0.295. The Hall–Kier alpha value is -2.89. The molecule has 2 amide bonds. The van der Waals surface area contributed by atoms with Crippen molar-refractivity contribution in [2.75, 3.05) is 25.3 Å². The molecule has 1 heterocycles. The Kier molecular flexibility index (Phi) is 4.52. The van der Waals surface area contributed by atoms with Gasteiger partial charge in [-0.3, -0.25) is 0 Å². The molecule has 0 atom stereocenters. The zero-order valence-corrected chi connectivity index (χ0v) is 12.8. The Bertz CT molecular complexity index is 703. The molecule has 0 unspecified atom stereocenters. The standard InChI is InChI=1S/C17H18N2O4/c1-12-3-2-4-14(9-12)21-8-7-18-17(20)19-13-5-6-15-16(10-13)23-11-22-15/h2-6,9-10H,7-8,11H2,1H3,(H2,18,19,20). The van der Waals surface area contributed by atoms with Gasteiger partial charge in [-0.1, -0.05) is 12.1 Å². The highest BCUT2D eigenvalue weighted by Crippen LogP contribution is 2.34. The van der Waals surface area contributed by atoms with Crippen LogP contribution in [0.25, 0.3) is 0 Å². The molecule has 3 rings (SSSR count). The smallest absolute Gasteiger partial charge is 0.319 e. The topological polar surface area (TPSA) is 68.8 Å². The predicted octanol–water partition coefficient (Wildman–Crippen LogP) is 2.92. The number of carbonyl (C=O) groups is 1. The average molecular weight is 314 g/mol. The van der Waals surface area contributed by atoms with Crippen LogP contribution in [0.4, 0.5) is 10.5 Å². The number of nitrogens with one attached hydrogen (secondary N) is 2. The number of anilines is 1. The van der Waals surface area contributed by atoms with Crippen molar-refractivity contribution in [1.29, 1.82) is 0 Å². The largest absolute Gasteiger partial charge is 0.492 e. The minimum absolute atomic E-state index is 0.210. The van der Waals surface area contributed by atoms with E-state index in [9.17, 15) is 4.79 Å². The number of rotatable bonds is 5. The summed E-state index contributed by atoms with van der Waals surface area (Å²) in [6, 6.07) is 12.7. The second-order valence-electron chi connectivity index (χ2n) is 5.11. The molecule has 6 heteroatoms. The van der Waals surface area contributed by atoms with Crippen molar-refractivity contribution in [1.82, 2.24) is 5.32 Å². The van der Waals surface area contributed by atoms with Crippen LogP contribution in [0.15, 0.2) is 42.5 Å². The summed E-state index contributed by atoms with van der Waals surface area (Å²) in [4.78, 5) is 11.8.